The predicted octanol–water partition coefficient (Wildman–Crippen LogP) is 3.38. The molecule has 0 saturated carbocycles. The van der Waals surface area contributed by atoms with E-state index in [1.165, 1.54) is 12.3 Å². The number of benzene rings is 2. The second kappa shape index (κ2) is 8.43. The van der Waals surface area contributed by atoms with E-state index < -0.39 is 12.0 Å². The van der Waals surface area contributed by atoms with Gasteiger partial charge in [-0.3, -0.25) is 4.79 Å². The molecule has 2 aromatic rings. The van der Waals surface area contributed by atoms with E-state index in [1.807, 2.05) is 25.1 Å². The molecule has 154 valence electrons. The molecule has 0 fully saturated rings. The number of phenolic OH excluding ortho intramolecular Hbond substituents is 1. The Morgan fingerprint density at radius 3 is 2.79 bits per heavy atom. The molecule has 29 heavy (non-hydrogen) atoms. The fourth-order valence-electron chi connectivity index (χ4n) is 2.79. The number of hydrogen-bond acceptors (Lipinski definition) is 6. The number of carbonyl (C=O) groups excluding carboxylic acids is 1. The van der Waals surface area contributed by atoms with Crippen LogP contribution in [0.2, 0.25) is 0 Å². The average molecular weight is 398 g/mol. The second-order valence-corrected chi connectivity index (χ2v) is 7.72. The number of aromatic hydroxyl groups is 1. The van der Waals surface area contributed by atoms with Gasteiger partial charge in [0.2, 0.25) is 6.10 Å². The summed E-state index contributed by atoms with van der Waals surface area (Å²) >= 11 is 0. The first kappa shape index (κ1) is 20.5. The summed E-state index contributed by atoms with van der Waals surface area (Å²) in [5, 5.41) is 13.7. The molecule has 0 bridgehead atoms. The molecule has 0 saturated heterocycles. The molecular formula is C22H26N2O5. The first-order valence-corrected chi connectivity index (χ1v) is 9.50. The molecule has 0 spiro atoms. The normalized spacial score (nSPS) is 15.9. The smallest absolute Gasteiger partial charge is 0.284 e. The van der Waals surface area contributed by atoms with E-state index in [2.05, 4.69) is 31.3 Å². The van der Waals surface area contributed by atoms with Crippen LogP contribution in [0.5, 0.6) is 23.0 Å². The van der Waals surface area contributed by atoms with Gasteiger partial charge in [-0.1, -0.05) is 26.8 Å². The van der Waals surface area contributed by atoms with E-state index in [1.54, 1.807) is 12.1 Å². The van der Waals surface area contributed by atoms with E-state index in [9.17, 15) is 9.90 Å². The molecule has 1 unspecified atom stereocenters. The maximum absolute atomic E-state index is 12.4. The number of nitrogens with one attached hydrogen (secondary N) is 1. The molecule has 0 aliphatic carbocycles. The van der Waals surface area contributed by atoms with Crippen molar-refractivity contribution >= 4 is 12.1 Å². The number of phenols is 1. The summed E-state index contributed by atoms with van der Waals surface area (Å²) in [6.45, 7) is 8.70. The summed E-state index contributed by atoms with van der Waals surface area (Å²) in [6.07, 6.45) is 0.670. The molecule has 1 amide bonds. The summed E-state index contributed by atoms with van der Waals surface area (Å²) < 4.78 is 16.8. The van der Waals surface area contributed by atoms with Crippen molar-refractivity contribution in [1.82, 2.24) is 5.43 Å². The maximum atomic E-state index is 12.4. The summed E-state index contributed by atoms with van der Waals surface area (Å²) in [5.41, 5.74) is 4.19. The number of amides is 1. The van der Waals surface area contributed by atoms with Crippen LogP contribution in [0.15, 0.2) is 41.5 Å². The molecule has 1 aliphatic heterocycles. The number of nitrogens with zero attached hydrogens (tertiary/aromatic N) is 1. The Balaban J connectivity index is 1.64. The molecule has 2 aromatic carbocycles. The Morgan fingerprint density at radius 2 is 2.07 bits per heavy atom. The lowest BCUT2D eigenvalue weighted by Gasteiger charge is -2.27. The minimum atomic E-state index is -0.798. The van der Waals surface area contributed by atoms with Crippen LogP contribution < -0.4 is 19.6 Å². The van der Waals surface area contributed by atoms with Crippen LogP contribution in [-0.4, -0.2) is 36.5 Å². The van der Waals surface area contributed by atoms with Gasteiger partial charge < -0.3 is 19.3 Å². The van der Waals surface area contributed by atoms with E-state index in [0.717, 1.165) is 5.56 Å². The van der Waals surface area contributed by atoms with Crippen LogP contribution in [0.1, 0.15) is 38.8 Å². The number of ether oxygens (including phenoxy) is 3. The zero-order chi connectivity index (χ0) is 21.0. The van der Waals surface area contributed by atoms with Crippen molar-refractivity contribution in [3.05, 3.63) is 47.5 Å². The fraction of sp³-hybridized carbons (Fsp3) is 0.364. The largest absolute Gasteiger partial charge is 0.504 e. The van der Waals surface area contributed by atoms with Gasteiger partial charge in [-0.2, -0.15) is 5.10 Å². The van der Waals surface area contributed by atoms with Gasteiger partial charge in [-0.25, -0.2) is 5.43 Å². The highest BCUT2D eigenvalue weighted by atomic mass is 16.6. The minimum Gasteiger partial charge on any atom is -0.504 e. The Kier molecular flexibility index (Phi) is 5.96. The van der Waals surface area contributed by atoms with Crippen LogP contribution in [0.3, 0.4) is 0 Å². The van der Waals surface area contributed by atoms with Gasteiger partial charge in [0.05, 0.1) is 12.8 Å². The third-order valence-electron chi connectivity index (χ3n) is 4.43. The van der Waals surface area contributed by atoms with Gasteiger partial charge in [0.15, 0.2) is 23.0 Å². The molecule has 7 heteroatoms. The third-order valence-corrected chi connectivity index (χ3v) is 4.43. The predicted molar refractivity (Wildman–Crippen MR) is 110 cm³/mol. The Labute approximate surface area is 170 Å². The lowest BCUT2D eigenvalue weighted by Crippen LogP contribution is -2.42. The van der Waals surface area contributed by atoms with Crippen LogP contribution in [0.25, 0.3) is 0 Å². The van der Waals surface area contributed by atoms with Gasteiger partial charge in [-0.05, 0) is 53.8 Å². The zero-order valence-electron chi connectivity index (χ0n) is 17.1. The monoisotopic (exact) mass is 398 g/mol. The van der Waals surface area contributed by atoms with E-state index in [0.29, 0.717) is 29.4 Å². The standard InChI is InChI=1S/C22H26N2O5/c1-5-27-18-10-14(6-8-16(18)25)12-23-24-21(26)20-13-28-17-9-7-15(22(2,3)4)11-19(17)29-20/h6-12,20,25H,5,13H2,1-4H3,(H,24,26). The van der Waals surface area contributed by atoms with Crippen molar-refractivity contribution in [2.24, 2.45) is 5.10 Å². The van der Waals surface area contributed by atoms with E-state index >= 15 is 0 Å². The topological polar surface area (TPSA) is 89.4 Å². The molecule has 0 aromatic heterocycles. The van der Waals surface area contributed by atoms with Gasteiger partial charge in [0.25, 0.3) is 5.91 Å². The Bertz CT molecular complexity index is 918. The molecule has 0 radical (unpaired) electrons. The van der Waals surface area contributed by atoms with E-state index in [-0.39, 0.29) is 17.8 Å². The molecule has 2 N–H and O–H groups in total. The Morgan fingerprint density at radius 1 is 1.28 bits per heavy atom. The SMILES string of the molecule is CCOc1cc(C=NNC(=O)C2COc3ccc(C(C)(C)C)cc3O2)ccc1O. The van der Waals surface area contributed by atoms with Crippen molar-refractivity contribution in [1.29, 1.82) is 0 Å². The number of carbonyl (C=O) groups is 1. The number of hydrogen-bond donors (Lipinski definition) is 2. The van der Waals surface area contributed by atoms with Crippen molar-refractivity contribution in [3.63, 3.8) is 0 Å². The van der Waals surface area contributed by atoms with Gasteiger partial charge in [-0.15, -0.1) is 0 Å². The quantitative estimate of drug-likeness (QED) is 0.595. The lowest BCUT2D eigenvalue weighted by molar-refractivity contribution is -0.130. The third kappa shape index (κ3) is 4.99. The van der Waals surface area contributed by atoms with Crippen molar-refractivity contribution < 1.29 is 24.1 Å². The zero-order valence-corrected chi connectivity index (χ0v) is 17.1. The number of hydrazone groups is 1. The summed E-state index contributed by atoms with van der Waals surface area (Å²) in [6, 6.07) is 10.6. The van der Waals surface area contributed by atoms with E-state index in [4.69, 9.17) is 14.2 Å². The van der Waals surface area contributed by atoms with Crippen LogP contribution in [0.4, 0.5) is 0 Å². The van der Waals surface area contributed by atoms with Crippen LogP contribution in [-0.2, 0) is 10.2 Å². The summed E-state index contributed by atoms with van der Waals surface area (Å²) in [7, 11) is 0. The first-order chi connectivity index (χ1) is 13.8. The van der Waals surface area contributed by atoms with Crippen LogP contribution in [0, 0.1) is 0 Å². The first-order valence-electron chi connectivity index (χ1n) is 9.50. The fourth-order valence-corrected chi connectivity index (χ4v) is 2.79. The molecule has 1 atom stereocenters. The molecule has 1 aliphatic rings. The van der Waals surface area contributed by atoms with Crippen molar-refractivity contribution in [3.8, 4) is 23.0 Å². The van der Waals surface area contributed by atoms with Gasteiger partial charge in [0, 0.05) is 0 Å². The molecule has 1 heterocycles. The number of fused-ring (bicyclic) bond motifs is 1. The highest BCUT2D eigenvalue weighted by Gasteiger charge is 2.28. The highest BCUT2D eigenvalue weighted by molar-refractivity contribution is 5.85. The molecule has 3 rings (SSSR count). The summed E-state index contributed by atoms with van der Waals surface area (Å²) in [4.78, 5) is 12.4. The Hall–Kier alpha value is -3.22. The second-order valence-electron chi connectivity index (χ2n) is 7.72. The number of rotatable bonds is 5. The highest BCUT2D eigenvalue weighted by Crippen LogP contribution is 2.36. The van der Waals surface area contributed by atoms with Gasteiger partial charge >= 0.3 is 0 Å². The summed E-state index contributed by atoms with van der Waals surface area (Å²) in [5.74, 6) is 1.18. The maximum Gasteiger partial charge on any atom is 0.284 e. The lowest BCUT2D eigenvalue weighted by atomic mass is 9.87. The average Bonchev–Trinajstić information content (AvgIpc) is 2.69. The molecular weight excluding hydrogens is 372 g/mol. The molecule has 7 nitrogen and oxygen atoms in total. The minimum absolute atomic E-state index is 0.0393. The van der Waals surface area contributed by atoms with Crippen molar-refractivity contribution in [2.45, 2.75) is 39.2 Å². The van der Waals surface area contributed by atoms with Crippen LogP contribution >= 0.6 is 0 Å². The van der Waals surface area contributed by atoms with Crippen molar-refractivity contribution in [2.75, 3.05) is 13.2 Å². The van der Waals surface area contributed by atoms with Gasteiger partial charge in [0.1, 0.15) is 6.61 Å².